The highest BCUT2D eigenvalue weighted by Gasteiger charge is 2.03. The highest BCUT2D eigenvalue weighted by molar-refractivity contribution is 7.80. The number of benzene rings is 1. The molecule has 2 rings (SSSR count). The molecule has 3 heteroatoms. The van der Waals surface area contributed by atoms with Crippen LogP contribution < -0.4 is 0 Å². The van der Waals surface area contributed by atoms with Crippen LogP contribution in [0.25, 0.3) is 11.3 Å². The number of nitrogens with zero attached hydrogens (tertiary/aromatic N) is 1. The van der Waals surface area contributed by atoms with Crippen LogP contribution >= 0.6 is 24.0 Å². The summed E-state index contributed by atoms with van der Waals surface area (Å²) in [6.07, 6.45) is 0.958. The SMILES string of the molecule is Cc1ccc(-c2csc(CCS)n2)cc1. The molecule has 1 aromatic carbocycles. The molecule has 0 saturated heterocycles. The Morgan fingerprint density at radius 2 is 2.00 bits per heavy atom. The third kappa shape index (κ3) is 2.61. The molecule has 0 aliphatic rings. The summed E-state index contributed by atoms with van der Waals surface area (Å²) in [6.45, 7) is 2.09. The highest BCUT2D eigenvalue weighted by Crippen LogP contribution is 2.22. The molecule has 78 valence electrons. The van der Waals surface area contributed by atoms with Crippen LogP contribution in [0.2, 0.25) is 0 Å². The summed E-state index contributed by atoms with van der Waals surface area (Å²) < 4.78 is 0. The zero-order valence-electron chi connectivity index (χ0n) is 8.60. The van der Waals surface area contributed by atoms with Gasteiger partial charge in [-0.05, 0) is 12.7 Å². The molecule has 0 unspecified atom stereocenters. The van der Waals surface area contributed by atoms with Gasteiger partial charge in [0.15, 0.2) is 0 Å². The molecule has 0 saturated carbocycles. The molecule has 0 radical (unpaired) electrons. The van der Waals surface area contributed by atoms with Crippen molar-refractivity contribution in [1.29, 1.82) is 0 Å². The standard InChI is InChI=1S/C12H13NS2/c1-9-2-4-10(5-3-9)11-8-15-12(13-11)6-7-14/h2-5,8,14H,6-7H2,1H3. The van der Waals surface area contributed by atoms with Crippen molar-refractivity contribution in [2.75, 3.05) is 5.75 Å². The zero-order chi connectivity index (χ0) is 10.7. The van der Waals surface area contributed by atoms with Crippen molar-refractivity contribution in [2.45, 2.75) is 13.3 Å². The van der Waals surface area contributed by atoms with Crippen molar-refractivity contribution in [3.05, 3.63) is 40.2 Å². The average Bonchev–Trinajstić information content (AvgIpc) is 2.68. The minimum absolute atomic E-state index is 0.862. The van der Waals surface area contributed by atoms with E-state index in [9.17, 15) is 0 Å². The first kappa shape index (κ1) is 10.7. The van der Waals surface area contributed by atoms with Crippen molar-refractivity contribution in [3.63, 3.8) is 0 Å². The topological polar surface area (TPSA) is 12.9 Å². The van der Waals surface area contributed by atoms with E-state index in [1.807, 2.05) is 0 Å². The minimum Gasteiger partial charge on any atom is -0.241 e. The van der Waals surface area contributed by atoms with Gasteiger partial charge in [0.2, 0.25) is 0 Å². The summed E-state index contributed by atoms with van der Waals surface area (Å²) in [5.41, 5.74) is 3.56. The number of hydrogen-bond acceptors (Lipinski definition) is 3. The van der Waals surface area contributed by atoms with Gasteiger partial charge in [0.1, 0.15) is 0 Å². The van der Waals surface area contributed by atoms with Gasteiger partial charge in [0, 0.05) is 17.4 Å². The fourth-order valence-electron chi connectivity index (χ4n) is 1.38. The largest absolute Gasteiger partial charge is 0.241 e. The fraction of sp³-hybridized carbons (Fsp3) is 0.250. The van der Waals surface area contributed by atoms with Crippen LogP contribution in [-0.2, 0) is 6.42 Å². The summed E-state index contributed by atoms with van der Waals surface area (Å²) in [5.74, 6) is 0.862. The van der Waals surface area contributed by atoms with Crippen molar-refractivity contribution in [1.82, 2.24) is 4.98 Å². The van der Waals surface area contributed by atoms with Crippen molar-refractivity contribution < 1.29 is 0 Å². The number of thiazole rings is 1. The summed E-state index contributed by atoms with van der Waals surface area (Å²) in [6, 6.07) is 8.48. The maximum absolute atomic E-state index is 4.57. The summed E-state index contributed by atoms with van der Waals surface area (Å²) in [5, 5.41) is 3.28. The van der Waals surface area contributed by atoms with Gasteiger partial charge in [-0.25, -0.2) is 4.98 Å². The van der Waals surface area contributed by atoms with Crippen LogP contribution in [0.1, 0.15) is 10.6 Å². The molecule has 0 bridgehead atoms. The maximum atomic E-state index is 4.57. The van der Waals surface area contributed by atoms with Crippen molar-refractivity contribution >= 4 is 24.0 Å². The highest BCUT2D eigenvalue weighted by atomic mass is 32.1. The van der Waals surface area contributed by atoms with Gasteiger partial charge in [0.05, 0.1) is 10.7 Å². The second-order valence-corrected chi connectivity index (χ2v) is 4.86. The third-order valence-electron chi connectivity index (χ3n) is 2.22. The van der Waals surface area contributed by atoms with Crippen LogP contribution in [0.15, 0.2) is 29.6 Å². The lowest BCUT2D eigenvalue weighted by Crippen LogP contribution is -1.85. The van der Waals surface area contributed by atoms with Gasteiger partial charge >= 0.3 is 0 Å². The van der Waals surface area contributed by atoms with Gasteiger partial charge in [-0.15, -0.1) is 11.3 Å². The lowest BCUT2D eigenvalue weighted by Gasteiger charge is -1.96. The Kier molecular flexibility index (Phi) is 3.44. The molecule has 0 amide bonds. The molecular weight excluding hydrogens is 222 g/mol. The van der Waals surface area contributed by atoms with E-state index in [0.29, 0.717) is 0 Å². The number of rotatable bonds is 3. The number of aryl methyl sites for hydroxylation is 2. The molecule has 1 aromatic heterocycles. The lowest BCUT2D eigenvalue weighted by atomic mass is 10.1. The summed E-state index contributed by atoms with van der Waals surface area (Å²) in [4.78, 5) is 4.57. The molecule has 0 aliphatic carbocycles. The second kappa shape index (κ2) is 4.81. The van der Waals surface area contributed by atoms with E-state index in [4.69, 9.17) is 0 Å². The van der Waals surface area contributed by atoms with E-state index >= 15 is 0 Å². The Bertz CT molecular complexity index is 431. The Morgan fingerprint density at radius 1 is 1.27 bits per heavy atom. The number of thiol groups is 1. The molecule has 1 heterocycles. The molecule has 0 spiro atoms. The lowest BCUT2D eigenvalue weighted by molar-refractivity contribution is 1.11. The smallest absolute Gasteiger partial charge is 0.0940 e. The van der Waals surface area contributed by atoms with Crippen LogP contribution in [-0.4, -0.2) is 10.7 Å². The van der Waals surface area contributed by atoms with Crippen LogP contribution in [0.3, 0.4) is 0 Å². The quantitative estimate of drug-likeness (QED) is 0.802. The van der Waals surface area contributed by atoms with Gasteiger partial charge in [-0.2, -0.15) is 12.6 Å². The van der Waals surface area contributed by atoms with E-state index in [0.717, 1.165) is 17.9 Å². The van der Waals surface area contributed by atoms with Crippen molar-refractivity contribution in [3.8, 4) is 11.3 Å². The summed E-state index contributed by atoms with van der Waals surface area (Å²) in [7, 11) is 0. The molecule has 2 aromatic rings. The Hall–Kier alpha value is -0.800. The van der Waals surface area contributed by atoms with Crippen LogP contribution in [0, 0.1) is 6.92 Å². The zero-order valence-corrected chi connectivity index (χ0v) is 10.3. The van der Waals surface area contributed by atoms with Gasteiger partial charge in [0.25, 0.3) is 0 Å². The monoisotopic (exact) mass is 235 g/mol. The maximum Gasteiger partial charge on any atom is 0.0940 e. The molecule has 1 nitrogen and oxygen atoms in total. The first-order valence-corrected chi connectivity index (χ1v) is 6.43. The van der Waals surface area contributed by atoms with Gasteiger partial charge < -0.3 is 0 Å². The molecule has 0 N–H and O–H groups in total. The predicted molar refractivity (Wildman–Crippen MR) is 69.8 cm³/mol. The van der Waals surface area contributed by atoms with E-state index in [2.05, 4.69) is 54.2 Å². The van der Waals surface area contributed by atoms with Crippen LogP contribution in [0.4, 0.5) is 0 Å². The molecular formula is C12H13NS2. The first-order valence-electron chi connectivity index (χ1n) is 4.92. The summed E-state index contributed by atoms with van der Waals surface area (Å²) >= 11 is 5.92. The van der Waals surface area contributed by atoms with Crippen LogP contribution in [0.5, 0.6) is 0 Å². The predicted octanol–water partition coefficient (Wildman–Crippen LogP) is 3.59. The second-order valence-electron chi connectivity index (χ2n) is 3.47. The number of aromatic nitrogens is 1. The van der Waals surface area contributed by atoms with Gasteiger partial charge in [-0.3, -0.25) is 0 Å². The minimum atomic E-state index is 0.862. The molecule has 15 heavy (non-hydrogen) atoms. The van der Waals surface area contributed by atoms with Crippen molar-refractivity contribution in [2.24, 2.45) is 0 Å². The third-order valence-corrected chi connectivity index (χ3v) is 3.36. The average molecular weight is 235 g/mol. The molecule has 0 atom stereocenters. The number of hydrogen-bond donors (Lipinski definition) is 1. The normalized spacial score (nSPS) is 10.5. The molecule has 0 fully saturated rings. The molecule has 0 aliphatic heterocycles. The fourth-order valence-corrected chi connectivity index (χ4v) is 2.55. The Balaban J connectivity index is 2.25. The van der Waals surface area contributed by atoms with E-state index in [-0.39, 0.29) is 0 Å². The van der Waals surface area contributed by atoms with E-state index in [1.165, 1.54) is 16.1 Å². The Morgan fingerprint density at radius 3 is 2.67 bits per heavy atom. The van der Waals surface area contributed by atoms with E-state index in [1.54, 1.807) is 11.3 Å². The van der Waals surface area contributed by atoms with E-state index < -0.39 is 0 Å². The first-order chi connectivity index (χ1) is 7.29. The van der Waals surface area contributed by atoms with Gasteiger partial charge in [-0.1, -0.05) is 29.8 Å². The Labute approximate surface area is 99.6 Å².